The SMILES string of the molecule is Cc1ncsc1CCOc1c(Cl)cccc1CNC(C)C. The van der Waals surface area contributed by atoms with Gasteiger partial charge in [0.2, 0.25) is 0 Å². The number of para-hydroxylation sites is 1. The smallest absolute Gasteiger partial charge is 0.142 e. The first-order valence-corrected chi connectivity index (χ1v) is 8.36. The number of aryl methyl sites for hydroxylation is 1. The molecule has 1 aromatic carbocycles. The molecule has 2 rings (SSSR count). The van der Waals surface area contributed by atoms with Gasteiger partial charge in [0.15, 0.2) is 0 Å². The number of hydrogen-bond donors (Lipinski definition) is 1. The van der Waals surface area contributed by atoms with Crippen LogP contribution in [0.15, 0.2) is 23.7 Å². The number of nitrogens with one attached hydrogen (secondary N) is 1. The normalized spacial score (nSPS) is 11.1. The lowest BCUT2D eigenvalue weighted by atomic mass is 10.2. The quantitative estimate of drug-likeness (QED) is 0.827. The van der Waals surface area contributed by atoms with Crippen molar-refractivity contribution in [1.82, 2.24) is 10.3 Å². The van der Waals surface area contributed by atoms with Gasteiger partial charge in [-0.1, -0.05) is 37.6 Å². The summed E-state index contributed by atoms with van der Waals surface area (Å²) in [6.07, 6.45) is 0.860. The molecule has 0 bridgehead atoms. The number of aromatic nitrogens is 1. The zero-order chi connectivity index (χ0) is 15.2. The summed E-state index contributed by atoms with van der Waals surface area (Å²) in [5.41, 5.74) is 4.06. The second-order valence-corrected chi connectivity index (χ2v) is 6.57. The number of halogens is 1. The Hall–Kier alpha value is -1.10. The number of nitrogens with zero attached hydrogens (tertiary/aromatic N) is 1. The summed E-state index contributed by atoms with van der Waals surface area (Å²) < 4.78 is 5.94. The van der Waals surface area contributed by atoms with Crippen LogP contribution in [0.5, 0.6) is 5.75 Å². The molecule has 2 aromatic rings. The average molecular weight is 325 g/mol. The monoisotopic (exact) mass is 324 g/mol. The van der Waals surface area contributed by atoms with E-state index in [0.717, 1.165) is 30.0 Å². The van der Waals surface area contributed by atoms with Gasteiger partial charge in [0.05, 0.1) is 22.8 Å². The Bertz CT molecular complexity index is 583. The van der Waals surface area contributed by atoms with Gasteiger partial charge in [0.25, 0.3) is 0 Å². The van der Waals surface area contributed by atoms with E-state index in [4.69, 9.17) is 16.3 Å². The molecule has 0 aliphatic rings. The first kappa shape index (κ1) is 16.3. The van der Waals surface area contributed by atoms with E-state index < -0.39 is 0 Å². The molecule has 1 N–H and O–H groups in total. The summed E-state index contributed by atoms with van der Waals surface area (Å²) in [6.45, 7) is 7.64. The molecule has 0 saturated heterocycles. The van der Waals surface area contributed by atoms with E-state index >= 15 is 0 Å². The lowest BCUT2D eigenvalue weighted by Crippen LogP contribution is -2.22. The third-order valence-electron chi connectivity index (χ3n) is 3.17. The van der Waals surface area contributed by atoms with Crippen LogP contribution in [0.2, 0.25) is 5.02 Å². The van der Waals surface area contributed by atoms with Crippen molar-refractivity contribution in [3.05, 3.63) is 44.9 Å². The van der Waals surface area contributed by atoms with Crippen LogP contribution in [0, 0.1) is 6.92 Å². The predicted molar refractivity (Wildman–Crippen MR) is 89.5 cm³/mol. The number of ether oxygens (including phenoxy) is 1. The number of rotatable bonds is 7. The summed E-state index contributed by atoms with van der Waals surface area (Å²) >= 11 is 7.94. The van der Waals surface area contributed by atoms with Gasteiger partial charge >= 0.3 is 0 Å². The lowest BCUT2D eigenvalue weighted by molar-refractivity contribution is 0.318. The topological polar surface area (TPSA) is 34.1 Å². The molecule has 1 aromatic heterocycles. The maximum atomic E-state index is 6.27. The van der Waals surface area contributed by atoms with Gasteiger partial charge in [0, 0.05) is 29.4 Å². The first-order valence-electron chi connectivity index (χ1n) is 7.10. The molecule has 0 saturated carbocycles. The zero-order valence-corrected chi connectivity index (χ0v) is 14.2. The van der Waals surface area contributed by atoms with Gasteiger partial charge < -0.3 is 10.1 Å². The van der Waals surface area contributed by atoms with Crippen LogP contribution in [-0.2, 0) is 13.0 Å². The van der Waals surface area contributed by atoms with Crippen molar-refractivity contribution in [1.29, 1.82) is 0 Å². The van der Waals surface area contributed by atoms with Crippen molar-refractivity contribution < 1.29 is 4.74 Å². The Morgan fingerprint density at radius 1 is 1.38 bits per heavy atom. The molecule has 0 aliphatic heterocycles. The minimum Gasteiger partial charge on any atom is -0.491 e. The minimum absolute atomic E-state index is 0.427. The molecule has 0 amide bonds. The Balaban J connectivity index is 1.99. The standard InChI is InChI=1S/C16H21ClN2OS/c1-11(2)18-9-13-5-4-6-14(17)16(13)20-8-7-15-12(3)19-10-21-15/h4-6,10-11,18H,7-9H2,1-3H3. The zero-order valence-electron chi connectivity index (χ0n) is 12.6. The molecule has 0 aliphatic carbocycles. The molecule has 0 spiro atoms. The fraction of sp³-hybridized carbons (Fsp3) is 0.438. The van der Waals surface area contributed by atoms with Gasteiger partial charge in [-0.2, -0.15) is 0 Å². The van der Waals surface area contributed by atoms with E-state index in [1.807, 2.05) is 24.6 Å². The van der Waals surface area contributed by atoms with Crippen LogP contribution in [0.3, 0.4) is 0 Å². The van der Waals surface area contributed by atoms with Crippen molar-refractivity contribution in [2.45, 2.75) is 39.8 Å². The largest absolute Gasteiger partial charge is 0.491 e. The van der Waals surface area contributed by atoms with Gasteiger partial charge in [0.1, 0.15) is 5.75 Å². The van der Waals surface area contributed by atoms with Crippen molar-refractivity contribution in [2.24, 2.45) is 0 Å². The number of hydrogen-bond acceptors (Lipinski definition) is 4. The third kappa shape index (κ3) is 4.70. The third-order valence-corrected chi connectivity index (χ3v) is 4.46. The van der Waals surface area contributed by atoms with Crippen molar-refractivity contribution >= 4 is 22.9 Å². The summed E-state index contributed by atoms with van der Waals surface area (Å²) in [5, 5.41) is 4.06. The number of thiazole rings is 1. The maximum absolute atomic E-state index is 6.27. The van der Waals surface area contributed by atoms with E-state index in [-0.39, 0.29) is 0 Å². The highest BCUT2D eigenvalue weighted by molar-refractivity contribution is 7.09. The highest BCUT2D eigenvalue weighted by Gasteiger charge is 2.10. The van der Waals surface area contributed by atoms with E-state index in [2.05, 4.69) is 30.2 Å². The highest BCUT2D eigenvalue weighted by atomic mass is 35.5. The molecule has 3 nitrogen and oxygen atoms in total. The summed E-state index contributed by atoms with van der Waals surface area (Å²) in [4.78, 5) is 5.52. The fourth-order valence-electron chi connectivity index (χ4n) is 1.98. The Labute approximate surface area is 135 Å². The van der Waals surface area contributed by atoms with Crippen molar-refractivity contribution in [3.63, 3.8) is 0 Å². The van der Waals surface area contributed by atoms with Gasteiger partial charge in [-0.15, -0.1) is 11.3 Å². The molecule has 21 heavy (non-hydrogen) atoms. The molecule has 114 valence electrons. The van der Waals surface area contributed by atoms with Crippen molar-refractivity contribution in [3.8, 4) is 5.75 Å². The van der Waals surface area contributed by atoms with Gasteiger partial charge in [-0.25, -0.2) is 4.98 Å². The van der Waals surface area contributed by atoms with Gasteiger partial charge in [-0.05, 0) is 13.0 Å². The highest BCUT2D eigenvalue weighted by Crippen LogP contribution is 2.29. The molecular weight excluding hydrogens is 304 g/mol. The Morgan fingerprint density at radius 3 is 2.86 bits per heavy atom. The Kier molecular flexibility index (Phi) is 6.03. The van der Waals surface area contributed by atoms with Crippen molar-refractivity contribution in [2.75, 3.05) is 6.61 Å². The minimum atomic E-state index is 0.427. The summed E-state index contributed by atoms with van der Waals surface area (Å²) in [5.74, 6) is 0.787. The van der Waals surface area contributed by atoms with Crippen LogP contribution in [0.1, 0.15) is 30.0 Å². The van der Waals surface area contributed by atoms with E-state index in [1.54, 1.807) is 11.3 Å². The summed E-state index contributed by atoms with van der Waals surface area (Å²) in [6, 6.07) is 6.30. The lowest BCUT2D eigenvalue weighted by Gasteiger charge is -2.15. The van der Waals surface area contributed by atoms with E-state index in [9.17, 15) is 0 Å². The second-order valence-electron chi connectivity index (χ2n) is 5.22. The maximum Gasteiger partial charge on any atom is 0.142 e. The molecular formula is C16H21ClN2OS. The number of benzene rings is 1. The second kappa shape index (κ2) is 7.78. The van der Waals surface area contributed by atoms with Crippen LogP contribution < -0.4 is 10.1 Å². The molecule has 0 atom stereocenters. The van der Waals surface area contributed by atoms with Crippen LogP contribution in [0.25, 0.3) is 0 Å². The average Bonchev–Trinajstić information content (AvgIpc) is 2.84. The molecule has 0 radical (unpaired) electrons. The van der Waals surface area contributed by atoms with Crippen LogP contribution >= 0.6 is 22.9 Å². The molecule has 0 fully saturated rings. The fourth-order valence-corrected chi connectivity index (χ4v) is 2.99. The first-order chi connectivity index (χ1) is 10.1. The van der Waals surface area contributed by atoms with Crippen LogP contribution in [-0.4, -0.2) is 17.6 Å². The van der Waals surface area contributed by atoms with Gasteiger partial charge in [-0.3, -0.25) is 0 Å². The Morgan fingerprint density at radius 2 is 2.19 bits per heavy atom. The molecule has 1 heterocycles. The molecule has 0 unspecified atom stereocenters. The predicted octanol–water partition coefficient (Wildman–Crippen LogP) is 4.22. The molecule has 5 heteroatoms. The van der Waals surface area contributed by atoms with Crippen LogP contribution in [0.4, 0.5) is 0 Å². The summed E-state index contributed by atoms with van der Waals surface area (Å²) in [7, 11) is 0. The van der Waals surface area contributed by atoms with E-state index in [0.29, 0.717) is 17.7 Å². The van der Waals surface area contributed by atoms with E-state index in [1.165, 1.54) is 4.88 Å².